The van der Waals surface area contributed by atoms with Crippen LogP contribution >= 0.6 is 0 Å². The minimum Gasteiger partial charge on any atom is -0.481 e. The van der Waals surface area contributed by atoms with Gasteiger partial charge in [0.25, 0.3) is 0 Å². The molecule has 0 radical (unpaired) electrons. The van der Waals surface area contributed by atoms with Gasteiger partial charge in [0.1, 0.15) is 0 Å². The lowest BCUT2D eigenvalue weighted by Gasteiger charge is -2.26. The highest BCUT2D eigenvalue weighted by Crippen LogP contribution is 2.24. The van der Waals surface area contributed by atoms with Gasteiger partial charge >= 0.3 is 5.97 Å². The molecule has 0 unspecified atom stereocenters. The minimum atomic E-state index is -0.711. The van der Waals surface area contributed by atoms with Crippen LogP contribution in [-0.4, -0.2) is 39.8 Å². The normalized spacial score (nSPS) is 22.0. The molecule has 0 bridgehead atoms. The number of hydrogen-bond donors (Lipinski definition) is 4. The number of aromatic nitrogens is 2. The number of amides is 1. The summed E-state index contributed by atoms with van der Waals surface area (Å²) in [6.07, 6.45) is 2.95. The average molecular weight is 294 g/mol. The SMILES string of the molecule is Cc1n[nH]c(C)c1NC(=O)CNC1CCC(C(=O)O)CC1. The lowest BCUT2D eigenvalue weighted by molar-refractivity contribution is -0.143. The van der Waals surface area contributed by atoms with Crippen molar-refractivity contribution in [2.24, 2.45) is 5.92 Å². The number of carbonyl (C=O) groups is 2. The molecule has 0 aliphatic heterocycles. The van der Waals surface area contributed by atoms with E-state index in [1.165, 1.54) is 0 Å². The van der Waals surface area contributed by atoms with Gasteiger partial charge in [-0.3, -0.25) is 14.7 Å². The lowest BCUT2D eigenvalue weighted by atomic mass is 9.86. The van der Waals surface area contributed by atoms with Crippen LogP contribution in [0.1, 0.15) is 37.1 Å². The second-order valence-electron chi connectivity index (χ2n) is 5.62. The van der Waals surface area contributed by atoms with E-state index in [4.69, 9.17) is 5.11 Å². The van der Waals surface area contributed by atoms with Crippen LogP contribution < -0.4 is 10.6 Å². The third-order valence-electron chi connectivity index (χ3n) is 4.02. The quantitative estimate of drug-likeness (QED) is 0.652. The number of carboxylic acid groups (broad SMARTS) is 1. The van der Waals surface area contributed by atoms with Crippen LogP contribution in [0.3, 0.4) is 0 Å². The van der Waals surface area contributed by atoms with Crippen LogP contribution in [0.15, 0.2) is 0 Å². The summed E-state index contributed by atoms with van der Waals surface area (Å²) in [6.45, 7) is 3.92. The van der Waals surface area contributed by atoms with E-state index in [1.807, 2.05) is 13.8 Å². The van der Waals surface area contributed by atoms with Crippen LogP contribution in [0.4, 0.5) is 5.69 Å². The minimum absolute atomic E-state index is 0.108. The molecule has 21 heavy (non-hydrogen) atoms. The fraction of sp³-hybridized carbons (Fsp3) is 0.643. The van der Waals surface area contributed by atoms with Crippen molar-refractivity contribution < 1.29 is 14.7 Å². The Labute approximate surface area is 123 Å². The van der Waals surface area contributed by atoms with Crippen molar-refractivity contribution in [2.75, 3.05) is 11.9 Å². The van der Waals surface area contributed by atoms with Crippen LogP contribution in [0.2, 0.25) is 0 Å². The van der Waals surface area contributed by atoms with Gasteiger partial charge in [-0.05, 0) is 39.5 Å². The predicted octanol–water partition coefficient (Wildman–Crippen LogP) is 1.20. The fourth-order valence-electron chi connectivity index (χ4n) is 2.70. The number of H-pyrrole nitrogens is 1. The monoisotopic (exact) mass is 294 g/mol. The number of nitrogens with zero attached hydrogens (tertiary/aromatic N) is 1. The Bertz CT molecular complexity index is 499. The molecule has 0 atom stereocenters. The summed E-state index contributed by atoms with van der Waals surface area (Å²) in [4.78, 5) is 22.8. The topological polar surface area (TPSA) is 107 Å². The Morgan fingerprint density at radius 3 is 2.48 bits per heavy atom. The van der Waals surface area contributed by atoms with Crippen molar-refractivity contribution in [3.8, 4) is 0 Å². The summed E-state index contributed by atoms with van der Waals surface area (Å²) in [5, 5.41) is 21.8. The zero-order valence-electron chi connectivity index (χ0n) is 12.4. The van der Waals surface area contributed by atoms with E-state index in [-0.39, 0.29) is 24.4 Å². The Morgan fingerprint density at radius 1 is 1.29 bits per heavy atom. The second kappa shape index (κ2) is 6.71. The summed E-state index contributed by atoms with van der Waals surface area (Å²) in [7, 11) is 0. The average Bonchev–Trinajstić information content (AvgIpc) is 2.77. The fourth-order valence-corrected chi connectivity index (χ4v) is 2.70. The third-order valence-corrected chi connectivity index (χ3v) is 4.02. The summed E-state index contributed by atoms with van der Waals surface area (Å²) >= 11 is 0. The van der Waals surface area contributed by atoms with Crippen molar-refractivity contribution in [3.05, 3.63) is 11.4 Å². The molecule has 0 saturated heterocycles. The first kappa shape index (κ1) is 15.5. The van der Waals surface area contributed by atoms with Crippen molar-refractivity contribution in [1.29, 1.82) is 0 Å². The van der Waals surface area contributed by atoms with Crippen LogP contribution in [-0.2, 0) is 9.59 Å². The van der Waals surface area contributed by atoms with Gasteiger partial charge < -0.3 is 15.7 Å². The molecule has 1 aromatic rings. The number of carbonyl (C=O) groups excluding carboxylic acids is 1. The predicted molar refractivity (Wildman–Crippen MR) is 78.1 cm³/mol. The van der Waals surface area contributed by atoms with E-state index >= 15 is 0 Å². The first-order valence-electron chi connectivity index (χ1n) is 7.25. The number of aryl methyl sites for hydroxylation is 2. The summed E-state index contributed by atoms with van der Waals surface area (Å²) in [6, 6.07) is 0.220. The van der Waals surface area contributed by atoms with Crippen molar-refractivity contribution in [1.82, 2.24) is 15.5 Å². The van der Waals surface area contributed by atoms with E-state index < -0.39 is 5.97 Å². The molecule has 1 aromatic heterocycles. The molecule has 1 aliphatic carbocycles. The Kier molecular flexibility index (Phi) is 4.95. The summed E-state index contributed by atoms with van der Waals surface area (Å²) in [5.41, 5.74) is 2.34. The Morgan fingerprint density at radius 2 is 1.95 bits per heavy atom. The highest BCUT2D eigenvalue weighted by Gasteiger charge is 2.25. The van der Waals surface area contributed by atoms with Gasteiger partial charge in [0.05, 0.1) is 29.5 Å². The van der Waals surface area contributed by atoms with E-state index in [1.54, 1.807) is 0 Å². The number of aromatic amines is 1. The molecule has 1 fully saturated rings. The van der Waals surface area contributed by atoms with Crippen LogP contribution in [0, 0.1) is 19.8 Å². The molecule has 116 valence electrons. The van der Waals surface area contributed by atoms with Crippen molar-refractivity contribution >= 4 is 17.6 Å². The molecule has 2 rings (SSSR count). The smallest absolute Gasteiger partial charge is 0.306 e. The molecule has 1 heterocycles. The highest BCUT2D eigenvalue weighted by molar-refractivity contribution is 5.93. The Balaban J connectivity index is 1.74. The van der Waals surface area contributed by atoms with E-state index in [9.17, 15) is 9.59 Å². The van der Waals surface area contributed by atoms with E-state index in [2.05, 4.69) is 20.8 Å². The molecule has 1 saturated carbocycles. The van der Waals surface area contributed by atoms with Gasteiger partial charge in [-0.15, -0.1) is 0 Å². The second-order valence-corrected chi connectivity index (χ2v) is 5.62. The van der Waals surface area contributed by atoms with Crippen LogP contribution in [0.25, 0.3) is 0 Å². The Hall–Kier alpha value is -1.89. The maximum absolute atomic E-state index is 11.9. The van der Waals surface area contributed by atoms with Gasteiger partial charge in [0.15, 0.2) is 0 Å². The molecule has 4 N–H and O–H groups in total. The molecule has 1 aliphatic rings. The molecule has 0 aromatic carbocycles. The van der Waals surface area contributed by atoms with Crippen molar-refractivity contribution in [2.45, 2.75) is 45.6 Å². The van der Waals surface area contributed by atoms with Gasteiger partial charge in [-0.2, -0.15) is 5.10 Å². The first-order chi connectivity index (χ1) is 9.97. The zero-order chi connectivity index (χ0) is 15.4. The number of aliphatic carboxylic acids is 1. The number of anilines is 1. The zero-order valence-corrected chi connectivity index (χ0v) is 12.4. The molecular formula is C14H22N4O3. The maximum Gasteiger partial charge on any atom is 0.306 e. The highest BCUT2D eigenvalue weighted by atomic mass is 16.4. The number of hydrogen-bond acceptors (Lipinski definition) is 4. The molecule has 1 amide bonds. The number of carboxylic acids is 1. The van der Waals surface area contributed by atoms with Gasteiger partial charge in [-0.25, -0.2) is 0 Å². The molecular weight excluding hydrogens is 272 g/mol. The van der Waals surface area contributed by atoms with E-state index in [0.29, 0.717) is 12.8 Å². The van der Waals surface area contributed by atoms with Gasteiger partial charge in [0, 0.05) is 6.04 Å². The lowest BCUT2D eigenvalue weighted by Crippen LogP contribution is -2.39. The molecule has 7 nitrogen and oxygen atoms in total. The van der Waals surface area contributed by atoms with Gasteiger partial charge in [-0.1, -0.05) is 0 Å². The maximum atomic E-state index is 11.9. The van der Waals surface area contributed by atoms with E-state index in [0.717, 1.165) is 29.9 Å². The van der Waals surface area contributed by atoms with Crippen molar-refractivity contribution in [3.63, 3.8) is 0 Å². The molecule has 0 spiro atoms. The molecule has 7 heteroatoms. The standard InChI is InChI=1S/C14H22N4O3/c1-8-13(9(2)18-17-8)16-12(19)7-15-11-5-3-10(4-6-11)14(20)21/h10-11,15H,3-7H2,1-2H3,(H,16,19)(H,17,18)(H,20,21). The van der Waals surface area contributed by atoms with Gasteiger partial charge in [0.2, 0.25) is 5.91 Å². The number of rotatable bonds is 5. The summed E-state index contributed by atoms with van der Waals surface area (Å²) in [5.74, 6) is -1.05. The largest absolute Gasteiger partial charge is 0.481 e. The third kappa shape index (κ3) is 4.04. The number of nitrogens with one attached hydrogen (secondary N) is 3. The summed E-state index contributed by atoms with van der Waals surface area (Å²) < 4.78 is 0. The first-order valence-corrected chi connectivity index (χ1v) is 7.25. The van der Waals surface area contributed by atoms with Crippen LogP contribution in [0.5, 0.6) is 0 Å².